The number of nitrogens with one attached hydrogen (secondary N) is 1. The summed E-state index contributed by atoms with van der Waals surface area (Å²) < 4.78 is 69.9. The summed E-state index contributed by atoms with van der Waals surface area (Å²) >= 11 is 0. The molecular weight excluding hydrogens is 341 g/mol. The molecule has 0 radical (unpaired) electrons. The molecule has 0 aliphatic rings. The number of anilines is 1. The molecule has 11 heteroatoms. The number of ether oxygens (including phenoxy) is 2. The number of rotatable bonds is 5. The van der Waals surface area contributed by atoms with Crippen molar-refractivity contribution in [3.63, 3.8) is 0 Å². The van der Waals surface area contributed by atoms with Crippen molar-refractivity contribution in [2.75, 3.05) is 33.1 Å². The minimum Gasteiger partial charge on any atom is -0.495 e. The van der Waals surface area contributed by atoms with Crippen LogP contribution in [-0.4, -0.2) is 52.8 Å². The zero-order valence-corrected chi connectivity index (χ0v) is 13.3. The normalized spacial score (nSPS) is 12.1. The second-order valence-corrected chi connectivity index (χ2v) is 6.62. The summed E-state index contributed by atoms with van der Waals surface area (Å²) in [6, 6.07) is 3.55. The maximum Gasteiger partial charge on any atom is 0.422 e. The lowest BCUT2D eigenvalue weighted by Crippen LogP contribution is -2.24. The van der Waals surface area contributed by atoms with Crippen molar-refractivity contribution in [2.24, 2.45) is 0 Å². The Balaban J connectivity index is 3.03. The van der Waals surface area contributed by atoms with Crippen LogP contribution in [0.25, 0.3) is 0 Å². The van der Waals surface area contributed by atoms with Gasteiger partial charge in [0.1, 0.15) is 5.75 Å². The van der Waals surface area contributed by atoms with Gasteiger partial charge in [-0.3, -0.25) is 5.32 Å². The lowest BCUT2D eigenvalue weighted by Gasteiger charge is -2.15. The zero-order valence-electron chi connectivity index (χ0n) is 12.5. The summed E-state index contributed by atoms with van der Waals surface area (Å²) in [5.41, 5.74) is -0.136. The highest BCUT2D eigenvalue weighted by atomic mass is 32.2. The Hall–Kier alpha value is -2.01. The minimum atomic E-state index is -4.67. The van der Waals surface area contributed by atoms with Gasteiger partial charge in [0.05, 0.1) is 17.7 Å². The third-order valence-electron chi connectivity index (χ3n) is 2.55. The summed E-state index contributed by atoms with van der Waals surface area (Å²) in [4.78, 5) is 11.2. The standard InChI is InChI=1S/C12H15F3N2O5S/c1-17(2)23(19,20)8-4-5-10(21-3)9(6-8)16-11(18)22-7-12(13,14)15/h4-6H,7H2,1-3H3,(H,16,18). The molecule has 0 aliphatic carbocycles. The van der Waals surface area contributed by atoms with Gasteiger partial charge in [0.25, 0.3) is 0 Å². The number of hydrogen-bond donors (Lipinski definition) is 1. The number of nitrogens with zero attached hydrogens (tertiary/aromatic N) is 1. The van der Waals surface area contributed by atoms with Crippen LogP contribution in [0, 0.1) is 0 Å². The number of amides is 1. The number of methoxy groups -OCH3 is 1. The lowest BCUT2D eigenvalue weighted by molar-refractivity contribution is -0.159. The van der Waals surface area contributed by atoms with E-state index < -0.39 is 28.9 Å². The molecule has 1 aromatic rings. The van der Waals surface area contributed by atoms with E-state index in [0.717, 1.165) is 10.4 Å². The SMILES string of the molecule is COc1ccc(S(=O)(=O)N(C)C)cc1NC(=O)OCC(F)(F)F. The van der Waals surface area contributed by atoms with Gasteiger partial charge in [0, 0.05) is 14.1 Å². The molecule has 1 aromatic carbocycles. The fourth-order valence-electron chi connectivity index (χ4n) is 1.45. The zero-order chi connectivity index (χ0) is 17.8. The second kappa shape index (κ2) is 7.04. The van der Waals surface area contributed by atoms with Crippen LogP contribution < -0.4 is 10.1 Å². The fourth-order valence-corrected chi connectivity index (χ4v) is 2.38. The Kier molecular flexibility index (Phi) is 5.83. The predicted molar refractivity (Wildman–Crippen MR) is 74.9 cm³/mol. The van der Waals surface area contributed by atoms with Crippen LogP contribution in [0.3, 0.4) is 0 Å². The first-order valence-electron chi connectivity index (χ1n) is 6.08. The molecule has 0 aromatic heterocycles. The third-order valence-corrected chi connectivity index (χ3v) is 4.36. The first kappa shape index (κ1) is 19.0. The molecular formula is C12H15F3N2O5S. The van der Waals surface area contributed by atoms with Crippen molar-refractivity contribution in [2.45, 2.75) is 11.1 Å². The number of carbonyl (C=O) groups is 1. The summed E-state index contributed by atoms with van der Waals surface area (Å²) in [5.74, 6) is 0.0617. The molecule has 0 fully saturated rings. The van der Waals surface area contributed by atoms with Gasteiger partial charge in [-0.1, -0.05) is 0 Å². The minimum absolute atomic E-state index is 0.0617. The largest absolute Gasteiger partial charge is 0.495 e. The van der Waals surface area contributed by atoms with Crippen LogP contribution >= 0.6 is 0 Å². The highest BCUT2D eigenvalue weighted by molar-refractivity contribution is 7.89. The van der Waals surface area contributed by atoms with Crippen molar-refractivity contribution in [1.29, 1.82) is 0 Å². The Morgan fingerprint density at radius 3 is 2.39 bits per heavy atom. The van der Waals surface area contributed by atoms with E-state index in [0.29, 0.717) is 0 Å². The van der Waals surface area contributed by atoms with E-state index in [9.17, 15) is 26.4 Å². The summed E-state index contributed by atoms with van der Waals surface area (Å²) in [7, 11) is 0.0812. The van der Waals surface area contributed by atoms with Gasteiger partial charge in [0.15, 0.2) is 6.61 Å². The monoisotopic (exact) mass is 356 g/mol. The quantitative estimate of drug-likeness (QED) is 0.873. The molecule has 0 heterocycles. The van der Waals surface area contributed by atoms with E-state index in [2.05, 4.69) is 4.74 Å². The topological polar surface area (TPSA) is 84.9 Å². The highest BCUT2D eigenvalue weighted by Crippen LogP contribution is 2.28. The molecule has 1 amide bonds. The van der Waals surface area contributed by atoms with E-state index in [1.54, 1.807) is 0 Å². The number of benzene rings is 1. The molecule has 0 unspecified atom stereocenters. The van der Waals surface area contributed by atoms with Gasteiger partial charge in [-0.15, -0.1) is 0 Å². The molecule has 130 valence electrons. The average molecular weight is 356 g/mol. The average Bonchev–Trinajstić information content (AvgIpc) is 2.44. The number of alkyl halides is 3. The molecule has 1 N–H and O–H groups in total. The predicted octanol–water partition coefficient (Wildman–Crippen LogP) is 2.06. The van der Waals surface area contributed by atoms with Crippen LogP contribution in [0.15, 0.2) is 23.1 Å². The van der Waals surface area contributed by atoms with Gasteiger partial charge < -0.3 is 9.47 Å². The molecule has 0 aliphatic heterocycles. The van der Waals surface area contributed by atoms with Gasteiger partial charge in [-0.2, -0.15) is 13.2 Å². The van der Waals surface area contributed by atoms with Gasteiger partial charge in [-0.05, 0) is 18.2 Å². The van der Waals surface area contributed by atoms with Crippen molar-refractivity contribution < 1.29 is 35.9 Å². The fraction of sp³-hybridized carbons (Fsp3) is 0.417. The van der Waals surface area contributed by atoms with Gasteiger partial charge in [0.2, 0.25) is 10.0 Å². The Bertz CT molecular complexity index is 674. The summed E-state index contributed by atoms with van der Waals surface area (Å²) in [6.45, 7) is -1.77. The van der Waals surface area contributed by atoms with E-state index in [4.69, 9.17) is 4.74 Å². The van der Waals surface area contributed by atoms with Crippen LogP contribution in [0.5, 0.6) is 5.75 Å². The van der Waals surface area contributed by atoms with Crippen LogP contribution in [-0.2, 0) is 14.8 Å². The number of halogens is 3. The van der Waals surface area contributed by atoms with Crippen molar-refractivity contribution >= 4 is 21.8 Å². The highest BCUT2D eigenvalue weighted by Gasteiger charge is 2.30. The first-order chi connectivity index (χ1) is 10.5. The first-order valence-corrected chi connectivity index (χ1v) is 7.52. The third kappa shape index (κ3) is 5.28. The molecule has 0 atom stereocenters. The van der Waals surface area contributed by atoms with E-state index >= 15 is 0 Å². The summed E-state index contributed by atoms with van der Waals surface area (Å²) in [5, 5.41) is 2.02. The number of carbonyl (C=O) groups excluding carboxylic acids is 1. The smallest absolute Gasteiger partial charge is 0.422 e. The van der Waals surface area contributed by atoms with E-state index in [-0.39, 0.29) is 16.3 Å². The Morgan fingerprint density at radius 1 is 1.30 bits per heavy atom. The summed E-state index contributed by atoms with van der Waals surface area (Å²) in [6.07, 6.45) is -6.06. The van der Waals surface area contributed by atoms with Crippen molar-refractivity contribution in [3.8, 4) is 5.75 Å². The molecule has 7 nitrogen and oxygen atoms in total. The maximum absolute atomic E-state index is 12.0. The van der Waals surface area contributed by atoms with Gasteiger partial charge in [-0.25, -0.2) is 17.5 Å². The van der Waals surface area contributed by atoms with E-state index in [1.807, 2.05) is 5.32 Å². The molecule has 1 rings (SSSR count). The molecule has 23 heavy (non-hydrogen) atoms. The molecule has 0 saturated carbocycles. The lowest BCUT2D eigenvalue weighted by atomic mass is 10.3. The van der Waals surface area contributed by atoms with Crippen LogP contribution in [0.4, 0.5) is 23.7 Å². The Labute approximate surface area is 131 Å². The van der Waals surface area contributed by atoms with Crippen LogP contribution in [0.1, 0.15) is 0 Å². The molecule has 0 spiro atoms. The maximum atomic E-state index is 12.0. The van der Waals surface area contributed by atoms with Crippen molar-refractivity contribution in [3.05, 3.63) is 18.2 Å². The van der Waals surface area contributed by atoms with Crippen molar-refractivity contribution in [1.82, 2.24) is 4.31 Å². The Morgan fingerprint density at radius 2 is 1.91 bits per heavy atom. The van der Waals surface area contributed by atoms with E-state index in [1.165, 1.54) is 33.3 Å². The molecule has 0 saturated heterocycles. The number of hydrogen-bond acceptors (Lipinski definition) is 5. The van der Waals surface area contributed by atoms with Crippen LogP contribution in [0.2, 0.25) is 0 Å². The number of sulfonamides is 1. The second-order valence-electron chi connectivity index (χ2n) is 4.47. The van der Waals surface area contributed by atoms with Gasteiger partial charge >= 0.3 is 12.3 Å². The molecule has 0 bridgehead atoms.